The second-order valence-corrected chi connectivity index (χ2v) is 9.53. The highest BCUT2D eigenvalue weighted by atomic mass is 32.2. The summed E-state index contributed by atoms with van der Waals surface area (Å²) in [5.74, 6) is 2.69. The van der Waals surface area contributed by atoms with Gasteiger partial charge in [0.25, 0.3) is 5.91 Å². The molecular weight excluding hydrogens is 354 g/mol. The van der Waals surface area contributed by atoms with Crippen molar-refractivity contribution in [1.82, 2.24) is 15.3 Å². The third-order valence-electron chi connectivity index (χ3n) is 5.16. The van der Waals surface area contributed by atoms with Crippen molar-refractivity contribution in [2.75, 3.05) is 12.8 Å². The largest absolute Gasteiger partial charge is 0.474 e. The molecule has 1 aromatic heterocycles. The minimum Gasteiger partial charge on any atom is -0.474 e. The quantitative estimate of drug-likeness (QED) is 0.778. The van der Waals surface area contributed by atoms with Crippen molar-refractivity contribution in [1.29, 1.82) is 0 Å². The monoisotopic (exact) mass is 377 g/mol. The topological polar surface area (TPSA) is 98.2 Å². The molecule has 3 atom stereocenters. The van der Waals surface area contributed by atoms with Gasteiger partial charge >= 0.3 is 0 Å². The first-order valence-electron chi connectivity index (χ1n) is 9.07. The molecule has 0 aliphatic heterocycles. The molecule has 0 radical (unpaired) electrons. The molecule has 0 saturated heterocycles. The Bertz CT molecular complexity index is 838. The van der Waals surface area contributed by atoms with E-state index in [9.17, 15) is 13.2 Å². The molecule has 140 valence electrons. The molecule has 0 spiro atoms. The number of ether oxygens (including phenoxy) is 1. The van der Waals surface area contributed by atoms with Gasteiger partial charge in [-0.1, -0.05) is 6.08 Å². The van der Waals surface area contributed by atoms with Crippen LogP contribution in [0.25, 0.3) is 0 Å². The van der Waals surface area contributed by atoms with Crippen LogP contribution in [0.1, 0.15) is 54.2 Å². The lowest BCUT2D eigenvalue weighted by atomic mass is 10.2. The van der Waals surface area contributed by atoms with Crippen molar-refractivity contribution in [3.05, 3.63) is 29.1 Å². The van der Waals surface area contributed by atoms with Crippen LogP contribution in [0.15, 0.2) is 17.7 Å². The maximum atomic E-state index is 12.5. The van der Waals surface area contributed by atoms with E-state index in [2.05, 4.69) is 15.3 Å². The molecule has 0 bridgehead atoms. The first-order chi connectivity index (χ1) is 12.4. The Morgan fingerprint density at radius 3 is 2.69 bits per heavy atom. The predicted molar refractivity (Wildman–Crippen MR) is 95.6 cm³/mol. The summed E-state index contributed by atoms with van der Waals surface area (Å²) in [4.78, 5) is 21.3. The minimum atomic E-state index is -3.20. The van der Waals surface area contributed by atoms with E-state index in [1.54, 1.807) is 0 Å². The SMILES string of the molecule is CS(=O)(=O)/C=C/CNC(=O)c1cnc(C2CC2)nc1OC1C[C@@H]2C[C@@H]2C1. The third-order valence-corrected chi connectivity index (χ3v) is 5.85. The number of hydrogen-bond acceptors (Lipinski definition) is 6. The summed E-state index contributed by atoms with van der Waals surface area (Å²) in [7, 11) is -3.20. The maximum absolute atomic E-state index is 12.5. The molecule has 3 aliphatic carbocycles. The van der Waals surface area contributed by atoms with Crippen LogP contribution >= 0.6 is 0 Å². The van der Waals surface area contributed by atoms with Crippen LogP contribution in [-0.4, -0.2) is 43.2 Å². The van der Waals surface area contributed by atoms with Gasteiger partial charge in [-0.05, 0) is 43.9 Å². The number of nitrogens with zero attached hydrogens (tertiary/aromatic N) is 2. The molecule has 7 nitrogen and oxygen atoms in total. The van der Waals surface area contributed by atoms with Gasteiger partial charge in [0.05, 0.1) is 0 Å². The zero-order valence-electron chi connectivity index (χ0n) is 14.7. The first kappa shape index (κ1) is 17.5. The van der Waals surface area contributed by atoms with E-state index in [-0.39, 0.29) is 18.6 Å². The Hall–Kier alpha value is -1.96. The van der Waals surface area contributed by atoms with Gasteiger partial charge in [0.15, 0.2) is 9.84 Å². The number of rotatable bonds is 7. The Morgan fingerprint density at radius 2 is 2.04 bits per heavy atom. The summed E-state index contributed by atoms with van der Waals surface area (Å²) in [6.45, 7) is 0.114. The predicted octanol–water partition coefficient (Wildman–Crippen LogP) is 1.82. The smallest absolute Gasteiger partial charge is 0.258 e. The van der Waals surface area contributed by atoms with Gasteiger partial charge < -0.3 is 10.1 Å². The van der Waals surface area contributed by atoms with Gasteiger partial charge in [-0.3, -0.25) is 4.79 Å². The number of carbonyl (C=O) groups is 1. The van der Waals surface area contributed by atoms with Crippen LogP contribution in [0.4, 0.5) is 0 Å². The molecular formula is C18H23N3O4S. The van der Waals surface area contributed by atoms with Crippen LogP contribution in [-0.2, 0) is 9.84 Å². The number of nitrogens with one attached hydrogen (secondary N) is 1. The highest BCUT2D eigenvalue weighted by Crippen LogP contribution is 2.52. The number of amides is 1. The molecule has 3 fully saturated rings. The van der Waals surface area contributed by atoms with E-state index in [4.69, 9.17) is 4.74 Å². The summed E-state index contributed by atoms with van der Waals surface area (Å²) in [6, 6.07) is 0. The fourth-order valence-electron chi connectivity index (χ4n) is 3.55. The lowest BCUT2D eigenvalue weighted by molar-refractivity contribution is 0.0947. The van der Waals surface area contributed by atoms with Crippen molar-refractivity contribution >= 4 is 15.7 Å². The van der Waals surface area contributed by atoms with E-state index in [0.29, 0.717) is 17.4 Å². The number of hydrogen-bond donors (Lipinski definition) is 1. The van der Waals surface area contributed by atoms with Crippen molar-refractivity contribution in [3.8, 4) is 5.88 Å². The standard InChI is InChI=1S/C18H23N3O4S/c1-26(23,24)6-2-5-19-17(22)15-10-20-16(11-3-4-11)21-18(15)25-14-8-12-7-13(12)9-14/h2,6,10-14H,3-5,7-9H2,1H3,(H,19,22)/b6-2+/t12-,13+,14?. The zero-order chi connectivity index (χ0) is 18.3. The summed E-state index contributed by atoms with van der Waals surface area (Å²) in [5, 5.41) is 3.74. The minimum absolute atomic E-state index is 0.114. The van der Waals surface area contributed by atoms with Gasteiger partial charge in [-0.25, -0.2) is 13.4 Å². The Labute approximate surface area is 153 Å². The molecule has 4 rings (SSSR count). The van der Waals surface area contributed by atoms with Crippen molar-refractivity contribution in [3.63, 3.8) is 0 Å². The molecule has 1 amide bonds. The van der Waals surface area contributed by atoms with Gasteiger partial charge in [0.2, 0.25) is 5.88 Å². The van der Waals surface area contributed by atoms with Crippen molar-refractivity contribution in [2.24, 2.45) is 11.8 Å². The van der Waals surface area contributed by atoms with Crippen LogP contribution in [0.5, 0.6) is 5.88 Å². The second-order valence-electron chi connectivity index (χ2n) is 7.60. The van der Waals surface area contributed by atoms with E-state index >= 15 is 0 Å². The molecule has 1 heterocycles. The lowest BCUT2D eigenvalue weighted by Gasteiger charge is -2.17. The van der Waals surface area contributed by atoms with Crippen molar-refractivity contribution < 1.29 is 17.9 Å². The van der Waals surface area contributed by atoms with Crippen molar-refractivity contribution in [2.45, 2.75) is 44.1 Å². The fraction of sp³-hybridized carbons (Fsp3) is 0.611. The Kier molecular flexibility index (Phi) is 4.46. The summed E-state index contributed by atoms with van der Waals surface area (Å²) < 4.78 is 28.3. The van der Waals surface area contributed by atoms with Gasteiger partial charge in [0, 0.05) is 30.3 Å². The fourth-order valence-corrected chi connectivity index (χ4v) is 3.99. The molecule has 8 heteroatoms. The zero-order valence-corrected chi connectivity index (χ0v) is 15.5. The molecule has 1 aromatic rings. The number of carbonyl (C=O) groups excluding carboxylic acids is 1. The average Bonchev–Trinajstić information content (AvgIpc) is 3.50. The normalized spacial score (nSPS) is 27.3. The summed E-state index contributed by atoms with van der Waals surface area (Å²) in [6.07, 6.45) is 9.68. The molecule has 26 heavy (non-hydrogen) atoms. The van der Waals surface area contributed by atoms with Crippen LogP contribution in [0.2, 0.25) is 0 Å². The van der Waals surface area contributed by atoms with E-state index in [0.717, 1.165) is 55.0 Å². The molecule has 0 aromatic carbocycles. The molecule has 3 aliphatic rings. The summed E-state index contributed by atoms with van der Waals surface area (Å²) in [5.41, 5.74) is 0.308. The third kappa shape index (κ3) is 4.23. The molecule has 3 saturated carbocycles. The summed E-state index contributed by atoms with van der Waals surface area (Å²) >= 11 is 0. The van der Waals surface area contributed by atoms with E-state index < -0.39 is 9.84 Å². The van der Waals surface area contributed by atoms with Gasteiger partial charge in [-0.2, -0.15) is 4.98 Å². The van der Waals surface area contributed by atoms with Gasteiger partial charge in [-0.15, -0.1) is 0 Å². The molecule has 1 N–H and O–H groups in total. The number of fused-ring (bicyclic) bond motifs is 1. The van der Waals surface area contributed by atoms with Crippen LogP contribution in [0, 0.1) is 11.8 Å². The molecule has 1 unspecified atom stereocenters. The van der Waals surface area contributed by atoms with Gasteiger partial charge in [0.1, 0.15) is 17.5 Å². The highest BCUT2D eigenvalue weighted by Gasteiger charge is 2.47. The van der Waals surface area contributed by atoms with Crippen LogP contribution < -0.4 is 10.1 Å². The lowest BCUT2D eigenvalue weighted by Crippen LogP contribution is -2.26. The maximum Gasteiger partial charge on any atom is 0.258 e. The highest BCUT2D eigenvalue weighted by molar-refractivity contribution is 7.93. The van der Waals surface area contributed by atoms with E-state index in [1.165, 1.54) is 18.7 Å². The number of aromatic nitrogens is 2. The van der Waals surface area contributed by atoms with E-state index in [1.807, 2.05) is 0 Å². The Morgan fingerprint density at radius 1 is 1.31 bits per heavy atom. The average molecular weight is 377 g/mol. The first-order valence-corrected chi connectivity index (χ1v) is 11.0. The second kappa shape index (κ2) is 6.64. The number of sulfone groups is 1. The Balaban J connectivity index is 1.46. The van der Waals surface area contributed by atoms with Crippen LogP contribution in [0.3, 0.4) is 0 Å².